The molecule has 4 heteroatoms. The molecule has 4 nitrogen and oxygen atoms in total. The van der Waals surface area contributed by atoms with E-state index in [2.05, 4.69) is 0 Å². The van der Waals surface area contributed by atoms with Gasteiger partial charge in [-0.25, -0.2) is 4.79 Å². The normalized spacial score (nSPS) is 10.3. The quantitative estimate of drug-likeness (QED) is 0.644. The lowest BCUT2D eigenvalue weighted by atomic mass is 9.98. The first-order valence-electron chi connectivity index (χ1n) is 5.95. The molecule has 100 valence electrons. The second-order valence-corrected chi connectivity index (χ2v) is 4.24. The van der Waals surface area contributed by atoms with Gasteiger partial charge in [-0.1, -0.05) is 0 Å². The Morgan fingerprint density at radius 2 is 1.94 bits per heavy atom. The van der Waals surface area contributed by atoms with E-state index in [9.17, 15) is 4.79 Å². The highest BCUT2D eigenvalue weighted by molar-refractivity contribution is 5.92. The number of aliphatic hydroxyl groups is 1. The van der Waals surface area contributed by atoms with Crippen molar-refractivity contribution in [2.24, 2.45) is 0 Å². The van der Waals surface area contributed by atoms with Crippen LogP contribution < -0.4 is 4.74 Å². The summed E-state index contributed by atoms with van der Waals surface area (Å²) >= 11 is 0. The van der Waals surface area contributed by atoms with Crippen LogP contribution in [0.15, 0.2) is 6.07 Å². The maximum atomic E-state index is 11.9. The fourth-order valence-corrected chi connectivity index (χ4v) is 1.89. The average Bonchev–Trinajstić information content (AvgIpc) is 2.34. The molecule has 1 aromatic carbocycles. The molecule has 0 aliphatic rings. The average molecular weight is 252 g/mol. The summed E-state index contributed by atoms with van der Waals surface area (Å²) in [7, 11) is 1.62. The second kappa shape index (κ2) is 6.40. The Balaban J connectivity index is 3.00. The van der Waals surface area contributed by atoms with E-state index in [1.807, 2.05) is 20.8 Å². The third kappa shape index (κ3) is 3.01. The molecule has 0 atom stereocenters. The predicted molar refractivity (Wildman–Crippen MR) is 69.2 cm³/mol. The smallest absolute Gasteiger partial charge is 0.338 e. The SMILES string of the molecule is COc1c(C)cc(C(=O)OCCCO)c(C)c1C. The first-order valence-corrected chi connectivity index (χ1v) is 5.95. The molecule has 1 aromatic rings. The number of aliphatic hydroxyl groups excluding tert-OH is 1. The third-order valence-electron chi connectivity index (χ3n) is 2.99. The molecule has 18 heavy (non-hydrogen) atoms. The Morgan fingerprint density at radius 3 is 2.50 bits per heavy atom. The van der Waals surface area contributed by atoms with Gasteiger partial charge in [0.2, 0.25) is 0 Å². The molecular formula is C14H20O4. The van der Waals surface area contributed by atoms with Gasteiger partial charge in [0.05, 0.1) is 19.3 Å². The van der Waals surface area contributed by atoms with Gasteiger partial charge in [-0.2, -0.15) is 0 Å². The molecule has 0 saturated carbocycles. The number of methoxy groups -OCH3 is 1. The molecule has 1 N–H and O–H groups in total. The molecule has 0 radical (unpaired) electrons. The number of benzene rings is 1. The highest BCUT2D eigenvalue weighted by Gasteiger charge is 2.16. The zero-order chi connectivity index (χ0) is 13.7. The second-order valence-electron chi connectivity index (χ2n) is 4.24. The maximum Gasteiger partial charge on any atom is 0.338 e. The van der Waals surface area contributed by atoms with Crippen molar-refractivity contribution in [3.05, 3.63) is 28.3 Å². The van der Waals surface area contributed by atoms with Gasteiger partial charge >= 0.3 is 5.97 Å². The largest absolute Gasteiger partial charge is 0.496 e. The van der Waals surface area contributed by atoms with Gasteiger partial charge in [0.15, 0.2) is 0 Å². The summed E-state index contributed by atoms with van der Waals surface area (Å²) in [4.78, 5) is 11.9. The van der Waals surface area contributed by atoms with Crippen molar-refractivity contribution in [3.8, 4) is 5.75 Å². The van der Waals surface area contributed by atoms with Crippen LogP contribution in [0.3, 0.4) is 0 Å². The molecule has 1 rings (SSSR count). The lowest BCUT2D eigenvalue weighted by Gasteiger charge is -2.15. The Hall–Kier alpha value is -1.55. The Morgan fingerprint density at radius 1 is 1.28 bits per heavy atom. The minimum absolute atomic E-state index is 0.0208. The number of ether oxygens (including phenoxy) is 2. The summed E-state index contributed by atoms with van der Waals surface area (Å²) < 4.78 is 10.4. The minimum atomic E-state index is -0.352. The molecule has 0 aromatic heterocycles. The fraction of sp³-hybridized carbons (Fsp3) is 0.500. The molecule has 0 aliphatic carbocycles. The fourth-order valence-electron chi connectivity index (χ4n) is 1.89. The van der Waals surface area contributed by atoms with Crippen molar-refractivity contribution in [1.82, 2.24) is 0 Å². The predicted octanol–water partition coefficient (Wildman–Crippen LogP) is 2.16. The van der Waals surface area contributed by atoms with Gasteiger partial charge in [0.25, 0.3) is 0 Å². The minimum Gasteiger partial charge on any atom is -0.496 e. The van der Waals surface area contributed by atoms with E-state index < -0.39 is 0 Å². The maximum absolute atomic E-state index is 11.9. The van der Waals surface area contributed by atoms with Crippen LogP contribution in [0.25, 0.3) is 0 Å². The number of esters is 1. The molecule has 0 bridgehead atoms. The number of carbonyl (C=O) groups excluding carboxylic acids is 1. The number of aryl methyl sites for hydroxylation is 1. The number of rotatable bonds is 5. The number of hydrogen-bond acceptors (Lipinski definition) is 4. The summed E-state index contributed by atoms with van der Waals surface area (Å²) in [5, 5.41) is 8.65. The van der Waals surface area contributed by atoms with Crippen molar-refractivity contribution in [2.75, 3.05) is 20.3 Å². The molecule has 0 unspecified atom stereocenters. The van der Waals surface area contributed by atoms with Crippen LogP contribution in [-0.4, -0.2) is 31.4 Å². The molecule has 0 saturated heterocycles. The topological polar surface area (TPSA) is 55.8 Å². The number of carbonyl (C=O) groups is 1. The highest BCUT2D eigenvalue weighted by atomic mass is 16.5. The van der Waals surface area contributed by atoms with Crippen molar-refractivity contribution in [3.63, 3.8) is 0 Å². The van der Waals surface area contributed by atoms with E-state index in [1.54, 1.807) is 13.2 Å². The summed E-state index contributed by atoms with van der Waals surface area (Å²) in [6, 6.07) is 1.78. The number of hydrogen-bond donors (Lipinski definition) is 1. The highest BCUT2D eigenvalue weighted by Crippen LogP contribution is 2.28. The molecule has 0 heterocycles. The van der Waals surface area contributed by atoms with Crippen LogP contribution >= 0.6 is 0 Å². The van der Waals surface area contributed by atoms with Crippen LogP contribution in [0.5, 0.6) is 5.75 Å². The lowest BCUT2D eigenvalue weighted by Crippen LogP contribution is -2.11. The van der Waals surface area contributed by atoms with Gasteiger partial charge in [0, 0.05) is 13.0 Å². The zero-order valence-electron chi connectivity index (χ0n) is 11.4. The summed E-state index contributed by atoms with van der Waals surface area (Å²) in [6.45, 7) is 5.95. The van der Waals surface area contributed by atoms with Crippen molar-refractivity contribution in [2.45, 2.75) is 27.2 Å². The van der Waals surface area contributed by atoms with Gasteiger partial charge in [-0.15, -0.1) is 0 Å². The molecular weight excluding hydrogens is 232 g/mol. The van der Waals surface area contributed by atoms with E-state index in [-0.39, 0.29) is 19.2 Å². The van der Waals surface area contributed by atoms with E-state index >= 15 is 0 Å². The summed E-state index contributed by atoms with van der Waals surface area (Å²) in [5.41, 5.74) is 3.29. The van der Waals surface area contributed by atoms with Crippen molar-refractivity contribution in [1.29, 1.82) is 0 Å². The van der Waals surface area contributed by atoms with E-state index in [0.29, 0.717) is 12.0 Å². The van der Waals surface area contributed by atoms with Crippen molar-refractivity contribution >= 4 is 5.97 Å². The molecule has 0 fully saturated rings. The first kappa shape index (κ1) is 14.5. The standard InChI is InChI=1S/C14H20O4/c1-9-8-12(14(16)18-7-5-6-15)10(2)11(3)13(9)17-4/h8,15H,5-7H2,1-4H3. The van der Waals surface area contributed by atoms with Crippen molar-refractivity contribution < 1.29 is 19.4 Å². The van der Waals surface area contributed by atoms with Gasteiger partial charge in [0.1, 0.15) is 5.75 Å². The van der Waals surface area contributed by atoms with Gasteiger partial charge in [-0.05, 0) is 43.5 Å². The van der Waals surface area contributed by atoms with E-state index in [4.69, 9.17) is 14.6 Å². The van der Waals surface area contributed by atoms with Crippen LogP contribution in [0.1, 0.15) is 33.5 Å². The van der Waals surface area contributed by atoms with Crippen LogP contribution in [0, 0.1) is 20.8 Å². The van der Waals surface area contributed by atoms with Crippen LogP contribution in [0.2, 0.25) is 0 Å². The first-order chi connectivity index (χ1) is 8.52. The third-order valence-corrected chi connectivity index (χ3v) is 2.99. The lowest BCUT2D eigenvalue weighted by molar-refractivity contribution is 0.0481. The Kier molecular flexibility index (Phi) is 5.16. The van der Waals surface area contributed by atoms with E-state index in [1.165, 1.54) is 0 Å². The van der Waals surface area contributed by atoms with Gasteiger partial charge < -0.3 is 14.6 Å². The van der Waals surface area contributed by atoms with Crippen LogP contribution in [-0.2, 0) is 4.74 Å². The summed E-state index contributed by atoms with van der Waals surface area (Å²) in [5.74, 6) is 0.453. The molecule has 0 spiro atoms. The Bertz CT molecular complexity index is 438. The summed E-state index contributed by atoms with van der Waals surface area (Å²) in [6.07, 6.45) is 0.457. The zero-order valence-corrected chi connectivity index (χ0v) is 11.4. The Labute approximate surface area is 108 Å². The molecule has 0 amide bonds. The van der Waals surface area contributed by atoms with E-state index in [0.717, 1.165) is 22.4 Å². The molecule has 0 aliphatic heterocycles. The van der Waals surface area contributed by atoms with Crippen LogP contribution in [0.4, 0.5) is 0 Å². The monoisotopic (exact) mass is 252 g/mol. The van der Waals surface area contributed by atoms with Gasteiger partial charge in [-0.3, -0.25) is 0 Å².